The van der Waals surface area contributed by atoms with Gasteiger partial charge < -0.3 is 20.3 Å². The van der Waals surface area contributed by atoms with Gasteiger partial charge in [0.1, 0.15) is 5.82 Å². The van der Waals surface area contributed by atoms with Crippen molar-refractivity contribution in [3.8, 4) is 11.3 Å². The van der Waals surface area contributed by atoms with Gasteiger partial charge in [0, 0.05) is 24.6 Å². The van der Waals surface area contributed by atoms with Crippen LogP contribution in [0.2, 0.25) is 0 Å². The third-order valence-corrected chi connectivity index (χ3v) is 6.83. The van der Waals surface area contributed by atoms with Gasteiger partial charge in [0.15, 0.2) is 5.79 Å². The number of halogens is 1. The summed E-state index contributed by atoms with van der Waals surface area (Å²) in [6.45, 7) is 7.30. The number of sulfonamides is 1. The Labute approximate surface area is 223 Å². The highest BCUT2D eigenvalue weighted by molar-refractivity contribution is 7.92. The normalized spacial score (nSPS) is 19.2. The molecule has 1 fully saturated rings. The first kappa shape index (κ1) is 31.3. The minimum absolute atomic E-state index is 0.00245. The minimum atomic E-state index is -3.63. The van der Waals surface area contributed by atoms with Crippen molar-refractivity contribution in [2.45, 2.75) is 64.4 Å². The van der Waals surface area contributed by atoms with E-state index in [0.29, 0.717) is 28.9 Å². The maximum absolute atomic E-state index is 13.7. The van der Waals surface area contributed by atoms with E-state index >= 15 is 0 Å². The van der Waals surface area contributed by atoms with E-state index in [4.69, 9.17) is 9.47 Å². The lowest BCUT2D eigenvalue weighted by Gasteiger charge is -2.39. The van der Waals surface area contributed by atoms with Crippen LogP contribution in [0.15, 0.2) is 30.3 Å². The van der Waals surface area contributed by atoms with E-state index in [1.807, 2.05) is 13.8 Å². The second kappa shape index (κ2) is 12.7. The SMILES string of the molecule is CC(C)c1nc(N(C)S(C)(=O)=O)nc(-c2ccc(F)cc2)c1C=C[C@@H]1C[C@H](CC(=O)O)OC(C)(C)O1.CN. The van der Waals surface area contributed by atoms with Crippen molar-refractivity contribution in [2.75, 3.05) is 24.7 Å². The summed E-state index contributed by atoms with van der Waals surface area (Å²) in [6.07, 6.45) is 3.88. The van der Waals surface area contributed by atoms with E-state index in [1.54, 1.807) is 38.1 Å². The molecule has 2 atom stereocenters. The van der Waals surface area contributed by atoms with Gasteiger partial charge in [-0.25, -0.2) is 27.1 Å². The number of aromatic nitrogens is 2. The lowest BCUT2D eigenvalue weighted by atomic mass is 9.97. The highest BCUT2D eigenvalue weighted by Gasteiger charge is 2.35. The Kier molecular flexibility index (Phi) is 10.5. The fraction of sp³-hybridized carbons (Fsp3) is 0.500. The highest BCUT2D eigenvalue weighted by Crippen LogP contribution is 2.33. The van der Waals surface area contributed by atoms with Gasteiger partial charge in [0.05, 0.1) is 36.3 Å². The summed E-state index contributed by atoms with van der Waals surface area (Å²) in [7, 11) is -0.753. The number of nitrogens with two attached hydrogens (primary N) is 1. The molecule has 1 aliphatic heterocycles. The molecule has 0 unspecified atom stereocenters. The number of hydrogen-bond donors (Lipinski definition) is 2. The molecule has 0 amide bonds. The Morgan fingerprint density at radius 2 is 1.84 bits per heavy atom. The van der Waals surface area contributed by atoms with Crippen LogP contribution in [0.4, 0.5) is 10.3 Å². The number of aliphatic carboxylic acids is 1. The number of hydrogen-bond acceptors (Lipinski definition) is 8. The highest BCUT2D eigenvalue weighted by atomic mass is 32.2. The molecule has 2 heterocycles. The molecule has 3 rings (SSSR count). The van der Waals surface area contributed by atoms with Crippen LogP contribution < -0.4 is 10.0 Å². The number of benzene rings is 1. The fourth-order valence-electron chi connectivity index (χ4n) is 3.99. The molecule has 1 saturated heterocycles. The number of ether oxygens (including phenoxy) is 2. The van der Waals surface area contributed by atoms with Crippen molar-refractivity contribution < 1.29 is 32.2 Å². The first-order chi connectivity index (χ1) is 17.7. The molecule has 1 aromatic carbocycles. The van der Waals surface area contributed by atoms with E-state index in [-0.39, 0.29) is 18.3 Å². The van der Waals surface area contributed by atoms with Gasteiger partial charge in [-0.05, 0) is 51.1 Å². The van der Waals surface area contributed by atoms with Gasteiger partial charge >= 0.3 is 5.97 Å². The van der Waals surface area contributed by atoms with Crippen molar-refractivity contribution in [1.29, 1.82) is 0 Å². The van der Waals surface area contributed by atoms with E-state index in [1.165, 1.54) is 26.2 Å². The number of carbonyl (C=O) groups is 1. The molecule has 0 aliphatic carbocycles. The zero-order valence-electron chi connectivity index (χ0n) is 22.8. The third-order valence-electron chi connectivity index (χ3n) is 5.67. The summed E-state index contributed by atoms with van der Waals surface area (Å²) in [5.74, 6) is -2.45. The molecule has 0 radical (unpaired) electrons. The molecule has 10 nitrogen and oxygen atoms in total. The predicted octanol–water partition coefficient (Wildman–Crippen LogP) is 3.77. The number of nitrogens with zero attached hydrogens (tertiary/aromatic N) is 3. The quantitative estimate of drug-likeness (QED) is 0.500. The summed E-state index contributed by atoms with van der Waals surface area (Å²) >= 11 is 0. The van der Waals surface area contributed by atoms with Gasteiger partial charge in [-0.2, -0.15) is 0 Å². The molecule has 2 aromatic rings. The van der Waals surface area contributed by atoms with Crippen LogP contribution in [0.3, 0.4) is 0 Å². The number of carboxylic acids is 1. The second-order valence-corrected chi connectivity index (χ2v) is 11.6. The third kappa shape index (κ3) is 8.29. The van der Waals surface area contributed by atoms with E-state index < -0.39 is 39.8 Å². The second-order valence-electron chi connectivity index (χ2n) is 9.55. The topological polar surface area (TPSA) is 145 Å². The average molecular weight is 553 g/mol. The van der Waals surface area contributed by atoms with Gasteiger partial charge in [-0.3, -0.25) is 4.79 Å². The van der Waals surface area contributed by atoms with Crippen LogP contribution >= 0.6 is 0 Å². The summed E-state index contributed by atoms with van der Waals surface area (Å²) in [5, 5.41) is 9.21. The Hall–Kier alpha value is -2.93. The Morgan fingerprint density at radius 3 is 2.37 bits per heavy atom. The Bertz CT molecular complexity index is 1250. The van der Waals surface area contributed by atoms with Crippen molar-refractivity contribution in [1.82, 2.24) is 9.97 Å². The van der Waals surface area contributed by atoms with Gasteiger partial charge in [0.25, 0.3) is 0 Å². The van der Waals surface area contributed by atoms with Crippen LogP contribution in [0, 0.1) is 5.82 Å². The maximum atomic E-state index is 13.7. The largest absolute Gasteiger partial charge is 0.481 e. The summed E-state index contributed by atoms with van der Waals surface area (Å²) in [6, 6.07) is 5.75. The van der Waals surface area contributed by atoms with Crippen molar-refractivity contribution in [2.24, 2.45) is 5.73 Å². The molecule has 0 saturated carbocycles. The number of carboxylic acid groups (broad SMARTS) is 1. The molecule has 0 spiro atoms. The van der Waals surface area contributed by atoms with Crippen LogP contribution in [0.25, 0.3) is 17.3 Å². The molecule has 0 bridgehead atoms. The van der Waals surface area contributed by atoms with Gasteiger partial charge in [-0.1, -0.05) is 26.0 Å². The lowest BCUT2D eigenvalue weighted by Crippen LogP contribution is -2.44. The zero-order valence-corrected chi connectivity index (χ0v) is 23.6. The van der Waals surface area contributed by atoms with Crippen molar-refractivity contribution in [3.63, 3.8) is 0 Å². The van der Waals surface area contributed by atoms with E-state index in [0.717, 1.165) is 10.6 Å². The maximum Gasteiger partial charge on any atom is 0.305 e. The first-order valence-corrected chi connectivity index (χ1v) is 14.0. The Balaban J connectivity index is 0.00000247. The molecular formula is C26H37FN4O6S. The monoisotopic (exact) mass is 552 g/mol. The minimum Gasteiger partial charge on any atom is -0.481 e. The molecule has 12 heteroatoms. The smallest absolute Gasteiger partial charge is 0.305 e. The number of anilines is 1. The molecule has 38 heavy (non-hydrogen) atoms. The summed E-state index contributed by atoms with van der Waals surface area (Å²) < 4.78 is 50.8. The van der Waals surface area contributed by atoms with Crippen molar-refractivity contribution >= 4 is 28.0 Å². The summed E-state index contributed by atoms with van der Waals surface area (Å²) in [5.41, 5.74) is 6.74. The van der Waals surface area contributed by atoms with Gasteiger partial charge in [-0.15, -0.1) is 0 Å². The standard InChI is InChI=1S/C25H32FN3O6S.CH5N/c1-15(2)22-20(12-11-18-13-19(14-21(30)31)35-25(3,4)34-18)23(16-7-9-17(26)10-8-16)28-24(27-22)29(5)36(6,32)33;1-2/h7-12,15,18-19H,13-14H2,1-6H3,(H,30,31);2H2,1H3/t18-,19-;/m1./s1. The molecule has 1 aromatic heterocycles. The van der Waals surface area contributed by atoms with Crippen LogP contribution in [-0.2, 0) is 24.3 Å². The summed E-state index contributed by atoms with van der Waals surface area (Å²) in [4.78, 5) is 20.3. The fourth-order valence-corrected chi connectivity index (χ4v) is 4.36. The van der Waals surface area contributed by atoms with Crippen LogP contribution in [0.5, 0.6) is 0 Å². The molecule has 1 aliphatic rings. The predicted molar refractivity (Wildman–Crippen MR) is 145 cm³/mol. The van der Waals surface area contributed by atoms with Crippen molar-refractivity contribution in [3.05, 3.63) is 47.4 Å². The number of rotatable bonds is 8. The average Bonchev–Trinajstić information content (AvgIpc) is 2.81. The van der Waals surface area contributed by atoms with Gasteiger partial charge in [0.2, 0.25) is 16.0 Å². The molecule has 3 N–H and O–H groups in total. The van der Waals surface area contributed by atoms with Crippen LogP contribution in [-0.4, -0.2) is 67.8 Å². The van der Waals surface area contributed by atoms with E-state index in [9.17, 15) is 22.7 Å². The lowest BCUT2D eigenvalue weighted by molar-refractivity contribution is -0.290. The molecule has 210 valence electrons. The molecular weight excluding hydrogens is 515 g/mol. The first-order valence-electron chi connectivity index (χ1n) is 12.1. The van der Waals surface area contributed by atoms with E-state index in [2.05, 4.69) is 15.7 Å². The zero-order chi connectivity index (χ0) is 28.8. The van der Waals surface area contributed by atoms with Crippen LogP contribution in [0.1, 0.15) is 57.7 Å². The Morgan fingerprint density at radius 1 is 1.24 bits per heavy atom.